The standard InChI is InChI=1S/C6H10B2NO2/c1-4(10)5(9)2-3-6(11)8-7/h5H,2-3,9H2,1H3. The van der Waals surface area contributed by atoms with Crippen LogP contribution in [0.5, 0.6) is 0 Å². The Bertz CT molecular complexity index is 161. The highest BCUT2D eigenvalue weighted by Crippen LogP contribution is 1.95. The number of rotatable bonds is 5. The van der Waals surface area contributed by atoms with Crippen LogP contribution < -0.4 is 5.73 Å². The van der Waals surface area contributed by atoms with Crippen LogP contribution in [0.2, 0.25) is 0 Å². The lowest BCUT2D eigenvalue weighted by atomic mass is 9.52. The molecular weight excluding hydrogens is 140 g/mol. The summed E-state index contributed by atoms with van der Waals surface area (Å²) in [6.07, 6.45) is 0.624. The molecule has 0 fully saturated rings. The zero-order chi connectivity index (χ0) is 8.85. The van der Waals surface area contributed by atoms with Gasteiger partial charge in [-0.1, -0.05) is 0 Å². The van der Waals surface area contributed by atoms with E-state index in [0.717, 1.165) is 7.17 Å². The third kappa shape index (κ3) is 4.79. The van der Waals surface area contributed by atoms with E-state index < -0.39 is 6.04 Å². The molecule has 0 aliphatic carbocycles. The van der Waals surface area contributed by atoms with Gasteiger partial charge in [-0.2, -0.15) is 0 Å². The fraction of sp³-hybridized carbons (Fsp3) is 0.667. The van der Waals surface area contributed by atoms with E-state index in [9.17, 15) is 9.59 Å². The van der Waals surface area contributed by atoms with Crippen LogP contribution in [0.3, 0.4) is 0 Å². The fourth-order valence-electron chi connectivity index (χ4n) is 0.584. The van der Waals surface area contributed by atoms with Crippen molar-refractivity contribution in [3.8, 4) is 0 Å². The van der Waals surface area contributed by atoms with Gasteiger partial charge in [0.2, 0.25) is 0 Å². The maximum absolute atomic E-state index is 10.6. The molecule has 5 heteroatoms. The molecule has 2 N–H and O–H groups in total. The van der Waals surface area contributed by atoms with Gasteiger partial charge >= 0.3 is 0 Å². The molecule has 0 heterocycles. The summed E-state index contributed by atoms with van der Waals surface area (Å²) in [6, 6.07) is -0.529. The molecule has 0 aliphatic heterocycles. The Morgan fingerprint density at radius 1 is 1.64 bits per heavy atom. The average Bonchev–Trinajstić information content (AvgIpc) is 1.99. The third-order valence-electron chi connectivity index (χ3n) is 1.41. The molecule has 3 nitrogen and oxygen atoms in total. The molecule has 11 heavy (non-hydrogen) atoms. The summed E-state index contributed by atoms with van der Waals surface area (Å²) in [5.41, 5.74) is 5.18. The van der Waals surface area contributed by atoms with Crippen LogP contribution in [0.4, 0.5) is 0 Å². The third-order valence-corrected chi connectivity index (χ3v) is 1.41. The molecule has 0 saturated heterocycles. The van der Waals surface area contributed by atoms with E-state index in [1.54, 1.807) is 0 Å². The fourth-order valence-corrected chi connectivity index (χ4v) is 0.584. The summed E-state index contributed by atoms with van der Waals surface area (Å²) < 4.78 is 0. The first-order valence-corrected chi connectivity index (χ1v) is 3.41. The second-order valence-corrected chi connectivity index (χ2v) is 2.39. The normalized spacial score (nSPS) is 12.2. The summed E-state index contributed by atoms with van der Waals surface area (Å²) >= 11 is 0. The van der Waals surface area contributed by atoms with Crippen molar-refractivity contribution in [3.05, 3.63) is 0 Å². The minimum absolute atomic E-state index is 0.102. The van der Waals surface area contributed by atoms with Gasteiger partial charge in [-0.15, -0.1) is 0 Å². The van der Waals surface area contributed by atoms with Crippen molar-refractivity contribution >= 4 is 26.4 Å². The van der Waals surface area contributed by atoms with Gasteiger partial charge in [0, 0.05) is 7.74 Å². The van der Waals surface area contributed by atoms with Crippen LogP contribution in [0.1, 0.15) is 19.8 Å². The maximum Gasteiger partial charge on any atom is 0.146 e. The van der Waals surface area contributed by atoms with E-state index in [1.807, 2.05) is 0 Å². The minimum atomic E-state index is -0.529. The molecule has 57 valence electrons. The smallest absolute Gasteiger partial charge is 0.146 e. The largest absolute Gasteiger partial charge is 0.322 e. The summed E-state index contributed by atoms with van der Waals surface area (Å²) in [6.45, 7) is 1.40. The molecule has 1 unspecified atom stereocenters. The number of nitrogens with two attached hydrogens (primary N) is 1. The second kappa shape index (κ2) is 5.13. The van der Waals surface area contributed by atoms with Crippen LogP contribution in [-0.4, -0.2) is 32.4 Å². The SMILES string of the molecule is [B][B]C(=O)CCC(N)C(C)=O. The zero-order valence-electron chi connectivity index (χ0n) is 6.54. The molecule has 1 atom stereocenters. The number of hydrogen-bond donors (Lipinski definition) is 1. The van der Waals surface area contributed by atoms with E-state index >= 15 is 0 Å². The molecule has 0 bridgehead atoms. The highest BCUT2D eigenvalue weighted by molar-refractivity contribution is 7.08. The molecular formula is C6H10B2NO2. The molecule has 0 saturated carbocycles. The monoisotopic (exact) mass is 150 g/mol. The number of Topliss-reactive ketones (excluding diaryl/α,β-unsaturated/α-hetero) is 1. The zero-order valence-corrected chi connectivity index (χ0v) is 6.54. The summed E-state index contributed by atoms with van der Waals surface area (Å²) in [5, 5.41) is 0. The Hall–Kier alpha value is -0.570. The average molecular weight is 150 g/mol. The molecule has 0 aromatic heterocycles. The van der Waals surface area contributed by atoms with E-state index in [-0.39, 0.29) is 17.9 Å². The van der Waals surface area contributed by atoms with E-state index in [0.29, 0.717) is 6.42 Å². The van der Waals surface area contributed by atoms with Crippen molar-refractivity contribution < 1.29 is 9.59 Å². The molecule has 0 aromatic rings. The van der Waals surface area contributed by atoms with Gasteiger partial charge < -0.3 is 10.5 Å². The van der Waals surface area contributed by atoms with E-state index in [2.05, 4.69) is 0 Å². The quantitative estimate of drug-likeness (QED) is 0.511. The van der Waals surface area contributed by atoms with Gasteiger partial charge in [0.05, 0.1) is 11.7 Å². The molecule has 0 aliphatic rings. The predicted octanol–water partition coefficient (Wildman–Crippen LogP) is -1.00. The summed E-state index contributed by atoms with van der Waals surface area (Å²) in [4.78, 5) is 21.2. The molecule has 0 amide bonds. The lowest BCUT2D eigenvalue weighted by Gasteiger charge is -2.04. The number of carbonyl (C=O) groups excluding carboxylic acids is 2. The Labute approximate surface area is 68.3 Å². The van der Waals surface area contributed by atoms with Crippen molar-refractivity contribution in [1.29, 1.82) is 0 Å². The van der Waals surface area contributed by atoms with Gasteiger partial charge in [-0.25, -0.2) is 0 Å². The van der Waals surface area contributed by atoms with Crippen LogP contribution >= 0.6 is 0 Å². The van der Waals surface area contributed by atoms with Gasteiger partial charge in [-0.05, 0) is 19.8 Å². The van der Waals surface area contributed by atoms with Crippen molar-refractivity contribution in [2.75, 3.05) is 0 Å². The van der Waals surface area contributed by atoms with Crippen LogP contribution in [-0.2, 0) is 9.59 Å². The number of ketones is 1. The van der Waals surface area contributed by atoms with Crippen LogP contribution in [0.25, 0.3) is 0 Å². The molecule has 0 rings (SSSR count). The second-order valence-electron chi connectivity index (χ2n) is 2.39. The van der Waals surface area contributed by atoms with Crippen LogP contribution in [0.15, 0.2) is 0 Å². The predicted molar refractivity (Wildman–Crippen MR) is 44.4 cm³/mol. The van der Waals surface area contributed by atoms with Gasteiger partial charge in [0.25, 0.3) is 0 Å². The lowest BCUT2D eigenvalue weighted by Crippen LogP contribution is -2.29. The summed E-state index contributed by atoms with van der Waals surface area (Å²) in [7, 11) is 5.93. The van der Waals surface area contributed by atoms with Crippen molar-refractivity contribution in [2.45, 2.75) is 25.8 Å². The lowest BCUT2D eigenvalue weighted by molar-refractivity contribution is -0.118. The molecule has 0 spiro atoms. The van der Waals surface area contributed by atoms with Gasteiger partial charge in [0.1, 0.15) is 13.0 Å². The highest BCUT2D eigenvalue weighted by Gasteiger charge is 2.09. The van der Waals surface area contributed by atoms with Crippen LogP contribution in [0, 0.1) is 0 Å². The van der Waals surface area contributed by atoms with E-state index in [1.165, 1.54) is 6.92 Å². The topological polar surface area (TPSA) is 60.2 Å². The van der Waals surface area contributed by atoms with Gasteiger partial charge in [-0.3, -0.25) is 4.79 Å². The summed E-state index contributed by atoms with van der Waals surface area (Å²) in [5.74, 6) is -0.102. The minimum Gasteiger partial charge on any atom is -0.322 e. The Morgan fingerprint density at radius 3 is 2.55 bits per heavy atom. The first kappa shape index (κ1) is 10.4. The molecule has 3 radical (unpaired) electrons. The maximum atomic E-state index is 10.6. The van der Waals surface area contributed by atoms with Crippen molar-refractivity contribution in [3.63, 3.8) is 0 Å². The van der Waals surface area contributed by atoms with Crippen molar-refractivity contribution in [2.24, 2.45) is 5.73 Å². The number of hydrogen-bond acceptors (Lipinski definition) is 3. The highest BCUT2D eigenvalue weighted by atomic mass is 16.1. The Kier molecular flexibility index (Phi) is 4.86. The molecule has 0 aromatic carbocycles. The van der Waals surface area contributed by atoms with E-state index in [4.69, 9.17) is 13.5 Å². The van der Waals surface area contributed by atoms with Crippen molar-refractivity contribution in [1.82, 2.24) is 0 Å². The Balaban J connectivity index is 3.54. The first-order chi connectivity index (χ1) is 5.07. The first-order valence-electron chi connectivity index (χ1n) is 3.41. The van der Waals surface area contributed by atoms with Gasteiger partial charge in [0.15, 0.2) is 0 Å². The Morgan fingerprint density at radius 2 is 2.18 bits per heavy atom. The number of carbonyl (C=O) groups is 2.